The summed E-state index contributed by atoms with van der Waals surface area (Å²) >= 11 is 6.13. The van der Waals surface area contributed by atoms with E-state index in [1.54, 1.807) is 6.07 Å². The Hall–Kier alpha value is -2.92. The second kappa shape index (κ2) is 8.40. The SMILES string of the molecule is O=C(Nc1ccccc1Cl)C1CCN(c2ccc(-c3ccccc3)nn2)CC1. The fourth-order valence-corrected chi connectivity index (χ4v) is 3.61. The molecule has 2 heterocycles. The summed E-state index contributed by atoms with van der Waals surface area (Å²) in [5.41, 5.74) is 2.58. The number of aromatic nitrogens is 2. The number of halogens is 1. The molecule has 1 aliphatic heterocycles. The quantitative estimate of drug-likeness (QED) is 0.702. The number of benzene rings is 2. The minimum atomic E-state index is -0.0240. The van der Waals surface area contributed by atoms with Gasteiger partial charge >= 0.3 is 0 Å². The molecule has 0 saturated carbocycles. The van der Waals surface area contributed by atoms with Crippen LogP contribution in [0.25, 0.3) is 11.3 Å². The predicted molar refractivity (Wildman–Crippen MR) is 112 cm³/mol. The van der Waals surface area contributed by atoms with Crippen molar-refractivity contribution in [3.8, 4) is 11.3 Å². The first-order valence-electron chi connectivity index (χ1n) is 9.40. The predicted octanol–water partition coefficient (Wildman–Crippen LogP) is 4.65. The van der Waals surface area contributed by atoms with Gasteiger partial charge in [0.1, 0.15) is 0 Å². The maximum Gasteiger partial charge on any atom is 0.227 e. The molecular formula is C22H21ClN4O. The highest BCUT2D eigenvalue weighted by molar-refractivity contribution is 6.33. The Balaban J connectivity index is 1.35. The van der Waals surface area contributed by atoms with Gasteiger partial charge in [0, 0.05) is 24.6 Å². The zero-order valence-electron chi connectivity index (χ0n) is 15.4. The number of nitrogens with one attached hydrogen (secondary N) is 1. The van der Waals surface area contributed by atoms with Crippen LogP contribution in [0.5, 0.6) is 0 Å². The first-order valence-corrected chi connectivity index (χ1v) is 9.78. The van der Waals surface area contributed by atoms with Crippen LogP contribution in [-0.4, -0.2) is 29.2 Å². The molecule has 1 aliphatic rings. The van der Waals surface area contributed by atoms with Crippen LogP contribution in [0.2, 0.25) is 5.02 Å². The Kier molecular flexibility index (Phi) is 5.53. The van der Waals surface area contributed by atoms with Gasteiger partial charge in [0.2, 0.25) is 5.91 Å². The molecular weight excluding hydrogens is 372 g/mol. The van der Waals surface area contributed by atoms with E-state index in [0.29, 0.717) is 10.7 Å². The van der Waals surface area contributed by atoms with Crippen molar-refractivity contribution in [3.05, 3.63) is 71.8 Å². The van der Waals surface area contributed by atoms with E-state index in [1.165, 1.54) is 0 Å². The molecule has 0 unspecified atom stereocenters. The largest absolute Gasteiger partial charge is 0.355 e. The number of nitrogens with zero attached hydrogens (tertiary/aromatic N) is 3. The van der Waals surface area contributed by atoms with Gasteiger partial charge in [0.15, 0.2) is 5.82 Å². The molecule has 0 radical (unpaired) electrons. The highest BCUT2D eigenvalue weighted by Gasteiger charge is 2.26. The van der Waals surface area contributed by atoms with E-state index < -0.39 is 0 Å². The van der Waals surface area contributed by atoms with E-state index in [4.69, 9.17) is 11.6 Å². The average molecular weight is 393 g/mol. The molecule has 1 N–H and O–H groups in total. The Morgan fingerprint density at radius 2 is 1.64 bits per heavy atom. The summed E-state index contributed by atoms with van der Waals surface area (Å²) in [7, 11) is 0. The number of hydrogen-bond acceptors (Lipinski definition) is 4. The molecule has 1 saturated heterocycles. The van der Waals surface area contributed by atoms with Crippen molar-refractivity contribution >= 4 is 29.0 Å². The summed E-state index contributed by atoms with van der Waals surface area (Å²) in [5, 5.41) is 12.2. The third-order valence-corrected chi connectivity index (χ3v) is 5.37. The van der Waals surface area contributed by atoms with Crippen LogP contribution >= 0.6 is 11.6 Å². The van der Waals surface area contributed by atoms with Crippen molar-refractivity contribution in [1.82, 2.24) is 10.2 Å². The third-order valence-electron chi connectivity index (χ3n) is 5.04. The summed E-state index contributed by atoms with van der Waals surface area (Å²) in [6, 6.07) is 21.3. The smallest absolute Gasteiger partial charge is 0.227 e. The Morgan fingerprint density at radius 1 is 0.929 bits per heavy atom. The number of carbonyl (C=O) groups is 1. The second-order valence-corrected chi connectivity index (χ2v) is 7.28. The molecule has 1 fully saturated rings. The van der Waals surface area contributed by atoms with Crippen LogP contribution in [-0.2, 0) is 4.79 Å². The Morgan fingerprint density at radius 3 is 2.32 bits per heavy atom. The van der Waals surface area contributed by atoms with Crippen LogP contribution in [0.3, 0.4) is 0 Å². The normalized spacial score (nSPS) is 14.7. The van der Waals surface area contributed by atoms with E-state index in [2.05, 4.69) is 20.4 Å². The second-order valence-electron chi connectivity index (χ2n) is 6.87. The minimum absolute atomic E-state index is 0.0240. The number of hydrogen-bond donors (Lipinski definition) is 1. The van der Waals surface area contributed by atoms with Gasteiger partial charge in [0.05, 0.1) is 16.4 Å². The summed E-state index contributed by atoms with van der Waals surface area (Å²) in [5.74, 6) is 0.854. The molecule has 0 aliphatic carbocycles. The average Bonchev–Trinajstić information content (AvgIpc) is 2.76. The summed E-state index contributed by atoms with van der Waals surface area (Å²) in [4.78, 5) is 14.7. The van der Waals surface area contributed by atoms with Crippen LogP contribution in [0, 0.1) is 5.92 Å². The number of carbonyl (C=O) groups excluding carboxylic acids is 1. The van der Waals surface area contributed by atoms with E-state index in [-0.39, 0.29) is 11.8 Å². The van der Waals surface area contributed by atoms with E-state index >= 15 is 0 Å². The number of anilines is 2. The first kappa shape index (κ1) is 18.4. The van der Waals surface area contributed by atoms with Gasteiger partial charge < -0.3 is 10.2 Å². The van der Waals surface area contributed by atoms with E-state index in [1.807, 2.05) is 60.7 Å². The third kappa shape index (κ3) is 4.15. The van der Waals surface area contributed by atoms with Crippen LogP contribution < -0.4 is 10.2 Å². The molecule has 0 spiro atoms. The van der Waals surface area contributed by atoms with Crippen LogP contribution in [0.4, 0.5) is 11.5 Å². The Bertz CT molecular complexity index is 938. The summed E-state index contributed by atoms with van der Waals surface area (Å²) in [6.07, 6.45) is 1.55. The standard InChI is InChI=1S/C22H21ClN4O/c23-18-8-4-5-9-20(18)24-22(28)17-12-14-27(15-13-17)21-11-10-19(25-26-21)16-6-2-1-3-7-16/h1-11,17H,12-15H2,(H,24,28). The first-order chi connectivity index (χ1) is 13.7. The van der Waals surface area contributed by atoms with Gasteiger partial charge in [-0.25, -0.2) is 0 Å². The molecule has 4 rings (SSSR count). The summed E-state index contributed by atoms with van der Waals surface area (Å²) < 4.78 is 0. The van der Waals surface area contributed by atoms with Gasteiger partial charge in [0.25, 0.3) is 0 Å². The fourth-order valence-electron chi connectivity index (χ4n) is 3.42. The molecule has 0 atom stereocenters. The molecule has 0 bridgehead atoms. The van der Waals surface area contributed by atoms with Crippen molar-refractivity contribution in [1.29, 1.82) is 0 Å². The Labute approximate surface area is 169 Å². The fraction of sp³-hybridized carbons (Fsp3) is 0.227. The highest BCUT2D eigenvalue weighted by Crippen LogP contribution is 2.26. The van der Waals surface area contributed by atoms with Crippen molar-refractivity contribution in [3.63, 3.8) is 0 Å². The zero-order chi connectivity index (χ0) is 19.3. The monoisotopic (exact) mass is 392 g/mol. The minimum Gasteiger partial charge on any atom is -0.355 e. The van der Waals surface area contributed by atoms with Gasteiger partial charge in [-0.3, -0.25) is 4.79 Å². The molecule has 5 nitrogen and oxygen atoms in total. The van der Waals surface area contributed by atoms with Gasteiger partial charge in [-0.2, -0.15) is 0 Å². The number of rotatable bonds is 4. The number of piperidine rings is 1. The molecule has 2 aromatic carbocycles. The lowest BCUT2D eigenvalue weighted by molar-refractivity contribution is -0.120. The lowest BCUT2D eigenvalue weighted by atomic mass is 9.96. The molecule has 3 aromatic rings. The van der Waals surface area contributed by atoms with Crippen molar-refractivity contribution in [2.45, 2.75) is 12.8 Å². The van der Waals surface area contributed by atoms with Crippen molar-refractivity contribution < 1.29 is 4.79 Å². The molecule has 6 heteroatoms. The van der Waals surface area contributed by atoms with Gasteiger partial charge in [-0.1, -0.05) is 54.1 Å². The maximum absolute atomic E-state index is 12.5. The highest BCUT2D eigenvalue weighted by atomic mass is 35.5. The molecule has 142 valence electrons. The summed E-state index contributed by atoms with van der Waals surface area (Å²) in [6.45, 7) is 1.56. The van der Waals surface area contributed by atoms with Crippen molar-refractivity contribution in [2.24, 2.45) is 5.92 Å². The van der Waals surface area contributed by atoms with E-state index in [9.17, 15) is 4.79 Å². The maximum atomic E-state index is 12.5. The van der Waals surface area contributed by atoms with Crippen LogP contribution in [0.1, 0.15) is 12.8 Å². The lowest BCUT2D eigenvalue weighted by Crippen LogP contribution is -2.38. The number of para-hydroxylation sites is 1. The van der Waals surface area contributed by atoms with Gasteiger partial charge in [-0.05, 0) is 37.1 Å². The number of amides is 1. The van der Waals surface area contributed by atoms with Crippen LogP contribution in [0.15, 0.2) is 66.7 Å². The lowest BCUT2D eigenvalue weighted by Gasteiger charge is -2.31. The molecule has 28 heavy (non-hydrogen) atoms. The van der Waals surface area contributed by atoms with Crippen molar-refractivity contribution in [2.75, 3.05) is 23.3 Å². The van der Waals surface area contributed by atoms with Gasteiger partial charge in [-0.15, -0.1) is 10.2 Å². The molecule has 1 aromatic heterocycles. The topological polar surface area (TPSA) is 58.1 Å². The molecule has 1 amide bonds. The van der Waals surface area contributed by atoms with E-state index in [0.717, 1.165) is 43.0 Å². The zero-order valence-corrected chi connectivity index (χ0v) is 16.1.